The topological polar surface area (TPSA) is 126 Å². The van der Waals surface area contributed by atoms with Gasteiger partial charge in [0.1, 0.15) is 29.3 Å². The first-order valence-electron chi connectivity index (χ1n) is 14.2. The first-order chi connectivity index (χ1) is 23.4. The number of anilines is 1. The summed E-state index contributed by atoms with van der Waals surface area (Å²) in [5.74, 6) is -1.95. The molecule has 0 fully saturated rings. The lowest BCUT2D eigenvalue weighted by molar-refractivity contribution is -0.153. The molecule has 0 unspecified atom stereocenters. The Bertz CT molecular complexity index is 1850. The van der Waals surface area contributed by atoms with E-state index in [1.165, 1.54) is 96.9 Å². The lowest BCUT2D eigenvalue weighted by Crippen LogP contribution is -2.23. The van der Waals surface area contributed by atoms with Crippen molar-refractivity contribution in [3.05, 3.63) is 132 Å². The van der Waals surface area contributed by atoms with E-state index in [9.17, 15) is 37.1 Å². The number of esters is 3. The predicted octanol–water partition coefficient (Wildman–Crippen LogP) is 6.40. The molecule has 10 nitrogen and oxygen atoms in total. The first-order valence-corrected chi connectivity index (χ1v) is 14.2. The Labute approximate surface area is 277 Å². The van der Waals surface area contributed by atoms with Crippen molar-refractivity contribution in [2.24, 2.45) is 0 Å². The summed E-state index contributed by atoms with van der Waals surface area (Å²) in [6.45, 7) is -1.46. The van der Waals surface area contributed by atoms with Crippen LogP contribution in [-0.2, 0) is 14.4 Å². The molecule has 0 aliphatic carbocycles. The van der Waals surface area contributed by atoms with Crippen LogP contribution in [0.1, 0.15) is 26.3 Å². The minimum atomic E-state index is -4.49. The van der Waals surface area contributed by atoms with E-state index >= 15 is 0 Å². The lowest BCUT2D eigenvalue weighted by atomic mass is 10.2. The van der Waals surface area contributed by atoms with Gasteiger partial charge < -0.3 is 23.8 Å². The maximum absolute atomic E-state index is 12.6. The molecule has 0 spiro atoms. The second-order valence-electron chi connectivity index (χ2n) is 9.94. The molecule has 0 heterocycles. The highest BCUT2D eigenvalue weighted by atomic mass is 19.4. The van der Waals surface area contributed by atoms with Crippen LogP contribution < -0.4 is 23.8 Å². The molecule has 0 N–H and O–H groups in total. The molecule has 49 heavy (non-hydrogen) atoms. The molecule has 0 atom stereocenters. The van der Waals surface area contributed by atoms with Gasteiger partial charge in [-0.2, -0.15) is 13.2 Å². The lowest BCUT2D eigenvalue weighted by Gasteiger charge is -2.15. The fourth-order valence-electron chi connectivity index (χ4n) is 3.90. The molecule has 4 rings (SSSR count). The summed E-state index contributed by atoms with van der Waals surface area (Å²) in [5.41, 5.74) is 1.39. The number of benzene rings is 4. The molecule has 0 aromatic heterocycles. The number of rotatable bonds is 12. The summed E-state index contributed by atoms with van der Waals surface area (Å²) in [7, 11) is 1.53. The van der Waals surface area contributed by atoms with Crippen molar-refractivity contribution >= 4 is 41.9 Å². The van der Waals surface area contributed by atoms with Crippen molar-refractivity contribution in [3.8, 4) is 23.0 Å². The Hall–Kier alpha value is -6.50. The van der Waals surface area contributed by atoms with Crippen molar-refractivity contribution < 1.29 is 56.1 Å². The van der Waals surface area contributed by atoms with Gasteiger partial charge in [0.15, 0.2) is 6.61 Å². The molecule has 0 saturated carbocycles. The van der Waals surface area contributed by atoms with Crippen LogP contribution in [0.25, 0.3) is 6.08 Å². The van der Waals surface area contributed by atoms with E-state index in [2.05, 4.69) is 4.74 Å². The van der Waals surface area contributed by atoms with E-state index in [1.54, 1.807) is 24.3 Å². The van der Waals surface area contributed by atoms with Crippen LogP contribution in [0.15, 0.2) is 115 Å². The van der Waals surface area contributed by atoms with Gasteiger partial charge >= 0.3 is 24.1 Å². The molecule has 0 aliphatic rings. The fraction of sp³-hybridized carbons (Fsp3) is 0.0833. The average molecular weight is 674 g/mol. The van der Waals surface area contributed by atoms with Gasteiger partial charge in [-0.15, -0.1) is 0 Å². The highest BCUT2D eigenvalue weighted by Crippen LogP contribution is 2.22. The minimum absolute atomic E-state index is 0.0600. The van der Waals surface area contributed by atoms with Gasteiger partial charge in [0, 0.05) is 24.9 Å². The quantitative estimate of drug-likeness (QED) is 0.0727. The van der Waals surface area contributed by atoms with Gasteiger partial charge in [0.05, 0.1) is 11.1 Å². The van der Waals surface area contributed by atoms with Gasteiger partial charge in [0.2, 0.25) is 0 Å². The molecular weight excluding hydrogens is 647 g/mol. The summed E-state index contributed by atoms with van der Waals surface area (Å²) < 4.78 is 57.4. The molecule has 250 valence electrons. The summed E-state index contributed by atoms with van der Waals surface area (Å²) in [4.78, 5) is 60.9. The zero-order chi connectivity index (χ0) is 35.4. The number of carbonyl (C=O) groups is 5. The summed E-state index contributed by atoms with van der Waals surface area (Å²) >= 11 is 0. The molecule has 0 saturated heterocycles. The van der Waals surface area contributed by atoms with Crippen LogP contribution in [0.4, 0.5) is 18.9 Å². The average Bonchev–Trinajstić information content (AvgIpc) is 3.09. The Balaban J connectivity index is 1.24. The molecule has 13 heteroatoms. The van der Waals surface area contributed by atoms with Gasteiger partial charge in [0.25, 0.3) is 5.91 Å². The Morgan fingerprint density at radius 1 is 0.653 bits per heavy atom. The highest BCUT2D eigenvalue weighted by molar-refractivity contribution is 6.02. The van der Waals surface area contributed by atoms with Crippen LogP contribution >= 0.6 is 0 Å². The van der Waals surface area contributed by atoms with Gasteiger partial charge in [-0.3, -0.25) is 9.59 Å². The zero-order valence-electron chi connectivity index (χ0n) is 25.6. The number of likely N-dealkylation sites (N-methyl/N-ethyl adjacent to an activating group) is 1. The molecule has 0 aliphatic heterocycles. The molecule has 0 radical (unpaired) electrons. The highest BCUT2D eigenvalue weighted by Gasteiger charge is 2.28. The summed E-state index contributed by atoms with van der Waals surface area (Å²) in [6, 6.07) is 23.0. The monoisotopic (exact) mass is 673 g/mol. The summed E-state index contributed by atoms with van der Waals surface area (Å²) in [5, 5.41) is 0. The molecule has 4 aromatic carbocycles. The van der Waals surface area contributed by atoms with E-state index in [0.717, 1.165) is 12.2 Å². The molecule has 1 amide bonds. The van der Waals surface area contributed by atoms with E-state index in [-0.39, 0.29) is 34.1 Å². The predicted molar refractivity (Wildman–Crippen MR) is 171 cm³/mol. The normalized spacial score (nSPS) is 11.2. The van der Waals surface area contributed by atoms with E-state index < -0.39 is 36.6 Å². The third-order valence-electron chi connectivity index (χ3n) is 6.39. The largest absolute Gasteiger partial charge is 0.484 e. The van der Waals surface area contributed by atoms with Crippen molar-refractivity contribution in [3.63, 3.8) is 0 Å². The van der Waals surface area contributed by atoms with Crippen molar-refractivity contribution in [1.82, 2.24) is 0 Å². The third kappa shape index (κ3) is 11.1. The van der Waals surface area contributed by atoms with E-state index in [1.807, 2.05) is 0 Å². The molecular formula is C36H26F3NO9. The maximum Gasteiger partial charge on any atom is 0.422 e. The van der Waals surface area contributed by atoms with Crippen LogP contribution in [0, 0.1) is 0 Å². The first kappa shape index (κ1) is 35.4. The Morgan fingerprint density at radius 2 is 1.12 bits per heavy atom. The Kier molecular flexibility index (Phi) is 11.8. The van der Waals surface area contributed by atoms with Gasteiger partial charge in [-0.05, 0) is 103 Å². The number of hydrogen-bond donors (Lipinski definition) is 0. The zero-order valence-corrected chi connectivity index (χ0v) is 25.6. The number of aldehydes is 1. The number of nitrogens with zero attached hydrogens (tertiary/aromatic N) is 1. The van der Waals surface area contributed by atoms with Crippen molar-refractivity contribution in [2.75, 3.05) is 18.6 Å². The number of halogens is 3. The summed E-state index contributed by atoms with van der Waals surface area (Å²) in [6.07, 6.45) is 0.950. The smallest absolute Gasteiger partial charge is 0.422 e. The van der Waals surface area contributed by atoms with E-state index in [4.69, 9.17) is 14.2 Å². The van der Waals surface area contributed by atoms with Crippen molar-refractivity contribution in [1.29, 1.82) is 0 Å². The third-order valence-corrected chi connectivity index (χ3v) is 6.39. The van der Waals surface area contributed by atoms with Crippen LogP contribution in [-0.4, -0.2) is 49.9 Å². The van der Waals surface area contributed by atoms with Crippen LogP contribution in [0.5, 0.6) is 23.0 Å². The van der Waals surface area contributed by atoms with Gasteiger partial charge in [-0.1, -0.05) is 12.1 Å². The SMILES string of the molecule is CN(C(=O)/C=C\C=O)c1ccc(OC(=O)/C=C/c2ccc(OC(=O)c3ccc(OC(=O)c4ccc(OCC(F)(F)F)cc4)cc3)cc2)cc1. The number of hydrogen-bond acceptors (Lipinski definition) is 9. The number of ether oxygens (including phenoxy) is 4. The minimum Gasteiger partial charge on any atom is -0.484 e. The number of alkyl halides is 3. The number of carbonyl (C=O) groups excluding carboxylic acids is 5. The van der Waals surface area contributed by atoms with Gasteiger partial charge in [-0.25, -0.2) is 14.4 Å². The standard InChI is InChI=1S/C36H26F3NO9/c1-40(32(42)3-2-22-41)27-11-19-29(20-12-27)47-33(43)21-6-24-4-13-30(14-5-24)48-35(45)26-9-17-31(18-10-26)49-34(44)25-7-15-28(16-8-25)46-23-36(37,38)39/h2-22H,23H2,1H3/b3-2-,21-6+. The van der Waals surface area contributed by atoms with Crippen LogP contribution in [0.2, 0.25) is 0 Å². The number of allylic oxidation sites excluding steroid dienone is 1. The fourth-order valence-corrected chi connectivity index (χ4v) is 3.90. The second-order valence-corrected chi connectivity index (χ2v) is 9.94. The number of amides is 1. The van der Waals surface area contributed by atoms with E-state index in [0.29, 0.717) is 17.5 Å². The Morgan fingerprint density at radius 3 is 1.63 bits per heavy atom. The van der Waals surface area contributed by atoms with Crippen molar-refractivity contribution in [2.45, 2.75) is 6.18 Å². The van der Waals surface area contributed by atoms with Crippen LogP contribution in [0.3, 0.4) is 0 Å². The second kappa shape index (κ2) is 16.4. The maximum atomic E-state index is 12.6. The molecule has 4 aromatic rings. The molecule has 0 bridgehead atoms.